The topological polar surface area (TPSA) is 101 Å². The highest BCUT2D eigenvalue weighted by atomic mass is 32.2. The van der Waals surface area contributed by atoms with Gasteiger partial charge in [0.15, 0.2) is 0 Å². The van der Waals surface area contributed by atoms with Gasteiger partial charge in [0, 0.05) is 43.0 Å². The van der Waals surface area contributed by atoms with Crippen molar-refractivity contribution >= 4 is 33.3 Å². The van der Waals surface area contributed by atoms with Crippen molar-refractivity contribution in [3.8, 4) is 10.4 Å². The van der Waals surface area contributed by atoms with Crippen molar-refractivity contribution in [3.63, 3.8) is 0 Å². The van der Waals surface area contributed by atoms with Crippen LogP contribution in [-0.2, 0) is 26.0 Å². The first-order valence-electron chi connectivity index (χ1n) is 10.5. The van der Waals surface area contributed by atoms with Crippen LogP contribution in [0.5, 0.6) is 0 Å². The van der Waals surface area contributed by atoms with E-state index in [1.165, 1.54) is 40.9 Å². The fourth-order valence-electron chi connectivity index (χ4n) is 3.52. The number of carbonyl (C=O) groups excluding carboxylic acids is 1. The molecule has 2 N–H and O–H groups in total. The van der Waals surface area contributed by atoms with Crippen molar-refractivity contribution in [2.24, 2.45) is 0 Å². The van der Waals surface area contributed by atoms with E-state index in [2.05, 4.69) is 17.0 Å². The number of rotatable bonds is 8. The predicted molar refractivity (Wildman–Crippen MR) is 127 cm³/mol. The molecule has 3 aromatic rings. The molecular weight excluding hydrogens is 462 g/mol. The Morgan fingerprint density at radius 1 is 1.12 bits per heavy atom. The molecular formula is C23H25N3O5S2. The largest absolute Gasteiger partial charge is 0.379 e. The third-order valence-electron chi connectivity index (χ3n) is 5.40. The molecule has 1 aliphatic rings. The first-order valence-corrected chi connectivity index (χ1v) is 12.8. The summed E-state index contributed by atoms with van der Waals surface area (Å²) in [6.45, 7) is 4.54. The monoisotopic (exact) mass is 487 g/mol. The van der Waals surface area contributed by atoms with Gasteiger partial charge in [-0.2, -0.15) is 8.42 Å². The predicted octanol–water partition coefficient (Wildman–Crippen LogP) is 2.85. The van der Waals surface area contributed by atoms with Gasteiger partial charge in [-0.3, -0.25) is 14.9 Å². The summed E-state index contributed by atoms with van der Waals surface area (Å²) in [6, 6.07) is 13.2. The molecule has 174 valence electrons. The first-order chi connectivity index (χ1) is 16.0. The van der Waals surface area contributed by atoms with Crippen molar-refractivity contribution < 1.29 is 23.2 Å². The molecule has 1 saturated heterocycles. The Kier molecular flexibility index (Phi) is 7.41. The van der Waals surface area contributed by atoms with Gasteiger partial charge in [0.25, 0.3) is 15.9 Å². The molecule has 1 aliphatic heterocycles. The smallest absolute Gasteiger partial charge is 0.277 e. The minimum Gasteiger partial charge on any atom is -0.379 e. The lowest BCUT2D eigenvalue weighted by atomic mass is 10.1. The number of hydrogen-bond donors (Lipinski definition) is 2. The molecule has 1 amide bonds. The highest BCUT2D eigenvalue weighted by molar-refractivity contribution is 7.92. The summed E-state index contributed by atoms with van der Waals surface area (Å²) in [5.74, 6) is -0.694. The van der Waals surface area contributed by atoms with Crippen LogP contribution in [0.25, 0.3) is 16.5 Å². The second kappa shape index (κ2) is 10.4. The van der Waals surface area contributed by atoms with Crippen LogP contribution in [0.1, 0.15) is 11.1 Å². The number of benzene rings is 1. The highest BCUT2D eigenvalue weighted by Gasteiger charge is 2.19. The van der Waals surface area contributed by atoms with Gasteiger partial charge < -0.3 is 4.74 Å². The average Bonchev–Trinajstić information content (AvgIpc) is 3.53. The summed E-state index contributed by atoms with van der Waals surface area (Å²) in [4.78, 5) is 14.4. The summed E-state index contributed by atoms with van der Waals surface area (Å²) >= 11 is 1.21. The standard InChI is InChI=1S/C23H25N3O5S2/c27-22(24-28)7-3-19-10-12-26(17-19)33(29,30)23-8-6-21(32-23)20-4-1-18(2-5-20)9-11-25-13-15-31-16-14-25/h1-8,10,12,17,28H,9,11,13-16H2,(H,24,27)/b7-3+. The molecule has 10 heteroatoms. The van der Waals surface area contributed by atoms with E-state index >= 15 is 0 Å². The number of thiophene rings is 1. The van der Waals surface area contributed by atoms with Gasteiger partial charge in [0.2, 0.25) is 0 Å². The Morgan fingerprint density at radius 2 is 1.88 bits per heavy atom. The maximum atomic E-state index is 13.0. The third-order valence-corrected chi connectivity index (χ3v) is 8.64. The van der Waals surface area contributed by atoms with E-state index in [1.807, 2.05) is 18.2 Å². The summed E-state index contributed by atoms with van der Waals surface area (Å²) in [6.07, 6.45) is 6.33. The molecule has 0 unspecified atom stereocenters. The van der Waals surface area contributed by atoms with E-state index in [4.69, 9.17) is 9.94 Å². The van der Waals surface area contributed by atoms with E-state index in [9.17, 15) is 13.2 Å². The number of morpholine rings is 1. The van der Waals surface area contributed by atoms with Gasteiger partial charge in [-0.1, -0.05) is 24.3 Å². The molecule has 33 heavy (non-hydrogen) atoms. The lowest BCUT2D eigenvalue weighted by molar-refractivity contribution is -0.124. The molecule has 0 spiro atoms. The maximum Gasteiger partial charge on any atom is 0.277 e. The van der Waals surface area contributed by atoms with Crippen LogP contribution in [0.2, 0.25) is 0 Å². The van der Waals surface area contributed by atoms with Crippen molar-refractivity contribution in [1.82, 2.24) is 14.4 Å². The third kappa shape index (κ3) is 5.79. The van der Waals surface area contributed by atoms with E-state index in [0.717, 1.165) is 59.8 Å². The fourth-order valence-corrected chi connectivity index (χ4v) is 6.14. The van der Waals surface area contributed by atoms with Gasteiger partial charge >= 0.3 is 0 Å². The molecule has 0 radical (unpaired) electrons. The summed E-state index contributed by atoms with van der Waals surface area (Å²) < 4.78 is 32.7. The Morgan fingerprint density at radius 3 is 2.61 bits per heavy atom. The van der Waals surface area contributed by atoms with Crippen LogP contribution in [0, 0.1) is 0 Å². The van der Waals surface area contributed by atoms with Crippen LogP contribution < -0.4 is 5.48 Å². The molecule has 2 aromatic heterocycles. The normalized spacial score (nSPS) is 15.2. The fraction of sp³-hybridized carbons (Fsp3) is 0.261. The van der Waals surface area contributed by atoms with E-state index in [1.54, 1.807) is 12.1 Å². The molecule has 8 nitrogen and oxygen atoms in total. The quantitative estimate of drug-likeness (QED) is 0.288. The second-order valence-corrected chi connectivity index (χ2v) is 10.8. The number of aromatic nitrogens is 1. The van der Waals surface area contributed by atoms with Crippen molar-refractivity contribution in [2.45, 2.75) is 10.6 Å². The van der Waals surface area contributed by atoms with Crippen LogP contribution in [0.4, 0.5) is 0 Å². The van der Waals surface area contributed by atoms with Crippen LogP contribution in [-0.4, -0.2) is 61.3 Å². The SMILES string of the molecule is O=C(/C=C/c1ccn(S(=O)(=O)c2ccc(-c3ccc(CCN4CCOCC4)cc3)s2)c1)NO. The number of nitrogens with zero attached hydrogens (tertiary/aromatic N) is 2. The zero-order valence-corrected chi connectivity index (χ0v) is 19.5. The molecule has 4 rings (SSSR count). The molecule has 0 saturated carbocycles. The van der Waals surface area contributed by atoms with E-state index in [-0.39, 0.29) is 4.21 Å². The molecule has 3 heterocycles. The summed E-state index contributed by atoms with van der Waals surface area (Å²) in [5, 5.41) is 8.53. The van der Waals surface area contributed by atoms with E-state index in [0.29, 0.717) is 5.56 Å². The Labute approximate surface area is 196 Å². The number of ether oxygens (including phenoxy) is 1. The number of hydroxylamine groups is 1. The van der Waals surface area contributed by atoms with Crippen LogP contribution >= 0.6 is 11.3 Å². The minimum absolute atomic E-state index is 0.230. The summed E-state index contributed by atoms with van der Waals surface area (Å²) in [5.41, 5.74) is 4.23. The van der Waals surface area contributed by atoms with Crippen molar-refractivity contribution in [2.75, 3.05) is 32.8 Å². The molecule has 0 aliphatic carbocycles. The summed E-state index contributed by atoms with van der Waals surface area (Å²) in [7, 11) is -3.74. The van der Waals surface area contributed by atoms with Gasteiger partial charge in [0.05, 0.1) is 13.2 Å². The van der Waals surface area contributed by atoms with Gasteiger partial charge in [-0.25, -0.2) is 9.45 Å². The van der Waals surface area contributed by atoms with Gasteiger partial charge in [-0.15, -0.1) is 11.3 Å². The average molecular weight is 488 g/mol. The highest BCUT2D eigenvalue weighted by Crippen LogP contribution is 2.32. The van der Waals surface area contributed by atoms with Gasteiger partial charge in [-0.05, 0) is 47.4 Å². The first kappa shape index (κ1) is 23.4. The Balaban J connectivity index is 1.43. The Hall–Kier alpha value is -2.76. The molecule has 0 atom stereocenters. The second-order valence-electron chi connectivity index (χ2n) is 7.61. The number of carbonyl (C=O) groups is 1. The minimum atomic E-state index is -3.74. The Bertz CT molecular complexity index is 1220. The van der Waals surface area contributed by atoms with Crippen molar-refractivity contribution in [1.29, 1.82) is 0 Å². The lowest BCUT2D eigenvalue weighted by Crippen LogP contribution is -2.37. The van der Waals surface area contributed by atoms with Gasteiger partial charge in [0.1, 0.15) is 4.21 Å². The number of hydrogen-bond acceptors (Lipinski definition) is 7. The molecule has 1 fully saturated rings. The molecule has 0 bridgehead atoms. The van der Waals surface area contributed by atoms with Crippen molar-refractivity contribution in [3.05, 3.63) is 72.1 Å². The maximum absolute atomic E-state index is 13.0. The number of nitrogens with one attached hydrogen (secondary N) is 1. The number of amides is 1. The lowest BCUT2D eigenvalue weighted by Gasteiger charge is -2.26. The molecule has 1 aromatic carbocycles. The van der Waals surface area contributed by atoms with E-state index < -0.39 is 15.9 Å². The van der Waals surface area contributed by atoms with Crippen LogP contribution in [0.15, 0.2) is 65.1 Å². The zero-order valence-electron chi connectivity index (χ0n) is 17.9. The van der Waals surface area contributed by atoms with Crippen LogP contribution in [0.3, 0.4) is 0 Å². The zero-order chi connectivity index (χ0) is 23.3.